The van der Waals surface area contributed by atoms with Crippen molar-refractivity contribution in [3.63, 3.8) is 0 Å². The van der Waals surface area contributed by atoms with Crippen LogP contribution in [-0.4, -0.2) is 30.1 Å². The Morgan fingerprint density at radius 2 is 2.00 bits per heavy atom. The Bertz CT molecular complexity index is 902. The van der Waals surface area contributed by atoms with E-state index in [1.54, 1.807) is 19.2 Å². The van der Waals surface area contributed by atoms with Crippen LogP contribution in [-0.2, 0) is 13.5 Å². The monoisotopic (exact) mass is 317 g/mol. The molecule has 0 bridgehead atoms. The molecule has 1 aromatic carbocycles. The van der Waals surface area contributed by atoms with Gasteiger partial charge in [0, 0.05) is 7.05 Å². The second kappa shape index (κ2) is 5.87. The molecule has 0 radical (unpaired) electrons. The zero-order chi connectivity index (χ0) is 16.4. The number of hydrogen-bond donors (Lipinski definition) is 2. The Balaban J connectivity index is 1.92. The fraction of sp³-hybridized carbons (Fsp3) is 0.143. The third-order valence-corrected chi connectivity index (χ3v) is 3.16. The van der Waals surface area contributed by atoms with Gasteiger partial charge in [-0.25, -0.2) is 9.37 Å². The predicted octanol–water partition coefficient (Wildman–Crippen LogP) is 1.20. The molecule has 0 amide bonds. The van der Waals surface area contributed by atoms with Gasteiger partial charge in [-0.3, -0.25) is 0 Å². The van der Waals surface area contributed by atoms with Crippen LogP contribution in [0.4, 0.5) is 4.39 Å². The van der Waals surface area contributed by atoms with Crippen molar-refractivity contribution >= 4 is 0 Å². The van der Waals surface area contributed by atoms with Gasteiger partial charge in [0.2, 0.25) is 11.4 Å². The van der Waals surface area contributed by atoms with Gasteiger partial charge in [0.15, 0.2) is 11.4 Å². The Labute approximate surface area is 129 Å². The highest BCUT2D eigenvalue weighted by Crippen LogP contribution is 2.22. The third kappa shape index (κ3) is 2.89. The van der Waals surface area contributed by atoms with Crippen LogP contribution >= 0.6 is 0 Å². The molecule has 3 aromatic rings. The lowest BCUT2D eigenvalue weighted by Gasteiger charge is -2.02. The molecule has 2 aromatic heterocycles. The number of hydrogen-bond acceptors (Lipinski definition) is 7. The Hall–Kier alpha value is -3.23. The highest BCUT2D eigenvalue weighted by Gasteiger charge is 2.17. The van der Waals surface area contributed by atoms with Gasteiger partial charge in [-0.15, -0.1) is 10.2 Å². The first kappa shape index (κ1) is 14.7. The van der Waals surface area contributed by atoms with Crippen molar-refractivity contribution in [3.05, 3.63) is 53.4 Å². The minimum absolute atomic E-state index is 0.00811. The molecule has 23 heavy (non-hydrogen) atoms. The predicted molar refractivity (Wildman–Crippen MR) is 74.7 cm³/mol. The second-order valence-corrected chi connectivity index (χ2v) is 4.78. The summed E-state index contributed by atoms with van der Waals surface area (Å²) in [6.45, 7) is 0. The fourth-order valence-electron chi connectivity index (χ4n) is 2.01. The molecule has 0 atom stereocenters. The number of nitrogens with zero attached hydrogens (tertiary/aromatic N) is 5. The van der Waals surface area contributed by atoms with E-state index in [1.165, 1.54) is 23.0 Å². The van der Waals surface area contributed by atoms with Crippen LogP contribution in [0.15, 0.2) is 40.2 Å². The van der Waals surface area contributed by atoms with Gasteiger partial charge < -0.3 is 19.3 Å². The van der Waals surface area contributed by atoms with Crippen LogP contribution in [0.25, 0.3) is 11.6 Å². The first-order valence-corrected chi connectivity index (χ1v) is 6.58. The average Bonchev–Trinajstić information content (AvgIpc) is 2.98. The maximum Gasteiger partial charge on any atom is 0.270 e. The molecule has 3 rings (SSSR count). The van der Waals surface area contributed by atoms with Gasteiger partial charge in [0.1, 0.15) is 5.82 Å². The van der Waals surface area contributed by atoms with E-state index in [0.29, 0.717) is 6.42 Å². The highest BCUT2D eigenvalue weighted by molar-refractivity contribution is 5.54. The van der Waals surface area contributed by atoms with Gasteiger partial charge in [-0.05, 0) is 17.7 Å². The van der Waals surface area contributed by atoms with E-state index in [1.807, 2.05) is 0 Å². The molecule has 0 spiro atoms. The van der Waals surface area contributed by atoms with Crippen molar-refractivity contribution in [1.82, 2.24) is 19.7 Å². The maximum atomic E-state index is 12.9. The summed E-state index contributed by atoms with van der Waals surface area (Å²) in [6.07, 6.45) is 1.65. The summed E-state index contributed by atoms with van der Waals surface area (Å²) >= 11 is 0. The molecule has 0 saturated heterocycles. The van der Waals surface area contributed by atoms with Crippen LogP contribution < -0.4 is 5.49 Å². The van der Waals surface area contributed by atoms with Crippen LogP contribution in [0.2, 0.25) is 0 Å². The number of halogens is 1. The average molecular weight is 317 g/mol. The number of benzene rings is 1. The summed E-state index contributed by atoms with van der Waals surface area (Å²) in [5, 5.41) is 29.6. The number of aromatic hydroxyl groups is 1. The molecule has 0 aliphatic rings. The molecule has 8 nitrogen and oxygen atoms in total. The van der Waals surface area contributed by atoms with Gasteiger partial charge in [0.25, 0.3) is 5.89 Å². The van der Waals surface area contributed by atoms with Crippen molar-refractivity contribution < 1.29 is 19.1 Å². The molecule has 0 saturated carbocycles. The number of rotatable bonds is 3. The molecule has 0 unspecified atom stereocenters. The first-order valence-electron chi connectivity index (χ1n) is 6.58. The van der Waals surface area contributed by atoms with Crippen LogP contribution in [0.5, 0.6) is 5.75 Å². The normalized spacial score (nSPS) is 11.8. The highest BCUT2D eigenvalue weighted by atomic mass is 19.1. The summed E-state index contributed by atoms with van der Waals surface area (Å²) in [7, 11) is 1.55. The van der Waals surface area contributed by atoms with Gasteiger partial charge in [0.05, 0.1) is 12.7 Å². The van der Waals surface area contributed by atoms with Crippen LogP contribution in [0, 0.1) is 5.82 Å². The molecular weight excluding hydrogens is 305 g/mol. The fourth-order valence-corrected chi connectivity index (χ4v) is 2.01. The Morgan fingerprint density at radius 3 is 2.70 bits per heavy atom. The molecule has 0 aliphatic carbocycles. The molecule has 2 heterocycles. The number of aryl methyl sites for hydroxylation is 1. The summed E-state index contributed by atoms with van der Waals surface area (Å²) in [5.74, 6) is -0.436. The van der Waals surface area contributed by atoms with Crippen molar-refractivity contribution in [1.29, 1.82) is 0 Å². The third-order valence-electron chi connectivity index (χ3n) is 3.16. The molecule has 0 aliphatic heterocycles. The quantitative estimate of drug-likeness (QED) is 0.555. The van der Waals surface area contributed by atoms with Gasteiger partial charge >= 0.3 is 0 Å². The maximum absolute atomic E-state index is 12.9. The van der Waals surface area contributed by atoms with E-state index in [0.717, 1.165) is 5.56 Å². The molecular formula is C14H12FN5O3. The lowest BCUT2D eigenvalue weighted by Crippen LogP contribution is -2.19. The second-order valence-electron chi connectivity index (χ2n) is 4.78. The topological polar surface area (TPSA) is 110 Å². The van der Waals surface area contributed by atoms with Crippen LogP contribution in [0.3, 0.4) is 0 Å². The van der Waals surface area contributed by atoms with Crippen molar-refractivity contribution in [2.24, 2.45) is 12.2 Å². The lowest BCUT2D eigenvalue weighted by atomic mass is 10.1. The van der Waals surface area contributed by atoms with E-state index in [2.05, 4.69) is 20.3 Å². The molecule has 9 heteroatoms. The lowest BCUT2D eigenvalue weighted by molar-refractivity contribution is 0.288. The summed E-state index contributed by atoms with van der Waals surface area (Å²) in [5.41, 5.74) is 0.714. The van der Waals surface area contributed by atoms with E-state index < -0.39 is 0 Å². The minimum Gasteiger partial charge on any atom is -0.503 e. The zero-order valence-electron chi connectivity index (χ0n) is 12.0. The zero-order valence-corrected chi connectivity index (χ0v) is 12.0. The summed E-state index contributed by atoms with van der Waals surface area (Å²) in [4.78, 5) is 3.98. The van der Waals surface area contributed by atoms with Crippen LogP contribution in [0.1, 0.15) is 11.5 Å². The Morgan fingerprint density at radius 1 is 1.26 bits per heavy atom. The van der Waals surface area contributed by atoms with E-state index in [-0.39, 0.29) is 34.5 Å². The van der Waals surface area contributed by atoms with E-state index in [4.69, 9.17) is 9.62 Å². The summed E-state index contributed by atoms with van der Waals surface area (Å²) < 4.78 is 19.7. The smallest absolute Gasteiger partial charge is 0.270 e. The molecule has 118 valence electrons. The van der Waals surface area contributed by atoms with Crippen molar-refractivity contribution in [2.75, 3.05) is 0 Å². The van der Waals surface area contributed by atoms with Crippen molar-refractivity contribution in [2.45, 2.75) is 6.42 Å². The van der Waals surface area contributed by atoms with Crippen molar-refractivity contribution in [3.8, 4) is 17.3 Å². The van der Waals surface area contributed by atoms with Gasteiger partial charge in [-0.2, -0.15) is 0 Å². The van der Waals surface area contributed by atoms with Gasteiger partial charge in [-0.1, -0.05) is 17.3 Å². The Kier molecular flexibility index (Phi) is 3.75. The minimum atomic E-state index is -0.380. The molecule has 0 fully saturated rings. The SMILES string of the molecule is Cn1cnc(-c2nnc(Cc3ccc(F)cc3)o2)c(O)/c1=N/O. The van der Waals surface area contributed by atoms with E-state index in [9.17, 15) is 9.50 Å². The largest absolute Gasteiger partial charge is 0.503 e. The first-order chi connectivity index (χ1) is 11.1. The summed E-state index contributed by atoms with van der Waals surface area (Å²) in [6, 6.07) is 5.90. The van der Waals surface area contributed by atoms with E-state index >= 15 is 0 Å². The number of aromatic nitrogens is 4. The standard InChI is InChI=1S/C14H12FN5O3/c1-20-7-16-11(12(21)13(20)19-22)14-18-17-10(23-14)6-8-2-4-9(15)5-3-8/h2-5,7,21-22H,6H2,1H3/b19-13-. The molecule has 2 N–H and O–H groups in total.